The highest BCUT2D eigenvalue weighted by atomic mass is 32.2. The van der Waals surface area contributed by atoms with Crippen LogP contribution in [0.5, 0.6) is 0 Å². The van der Waals surface area contributed by atoms with Gasteiger partial charge >= 0.3 is 0 Å². The fourth-order valence-corrected chi connectivity index (χ4v) is 6.66. The molecule has 182 valence electrons. The maximum Gasteiger partial charge on any atom is 0.264 e. The first-order chi connectivity index (χ1) is 16.8. The lowest BCUT2D eigenvalue weighted by Crippen LogP contribution is -2.49. The lowest BCUT2D eigenvalue weighted by atomic mass is 10.1. The summed E-state index contributed by atoms with van der Waals surface area (Å²) in [5.74, 6) is -0.348. The first-order valence-corrected chi connectivity index (χ1v) is 13.2. The molecule has 2 aliphatic heterocycles. The third-order valence-electron chi connectivity index (χ3n) is 6.82. The number of halogens is 1. The second-order valence-electron chi connectivity index (χ2n) is 9.24. The molecular formula is C27H28FN3O3S. The molecule has 0 spiro atoms. The van der Waals surface area contributed by atoms with E-state index in [0.29, 0.717) is 49.5 Å². The zero-order chi connectivity index (χ0) is 24.7. The number of piperazine rings is 1. The quantitative estimate of drug-likeness (QED) is 0.546. The summed E-state index contributed by atoms with van der Waals surface area (Å²) < 4.78 is 42.3. The summed E-state index contributed by atoms with van der Waals surface area (Å²) in [7, 11) is -3.71. The van der Waals surface area contributed by atoms with Gasteiger partial charge in [0.1, 0.15) is 5.82 Å². The molecule has 0 aromatic heterocycles. The first-order valence-electron chi connectivity index (χ1n) is 11.8. The number of nitrogens with zero attached hydrogens (tertiary/aromatic N) is 3. The Morgan fingerprint density at radius 3 is 2.29 bits per heavy atom. The largest absolute Gasteiger partial charge is 0.366 e. The molecule has 2 heterocycles. The number of anilines is 2. The van der Waals surface area contributed by atoms with Crippen LogP contribution in [0, 0.1) is 12.7 Å². The molecule has 1 saturated heterocycles. The molecule has 1 atom stereocenters. The van der Waals surface area contributed by atoms with E-state index in [2.05, 4.69) is 0 Å². The number of sulfonamides is 1. The minimum Gasteiger partial charge on any atom is -0.366 e. The Morgan fingerprint density at radius 1 is 0.914 bits per heavy atom. The smallest absolute Gasteiger partial charge is 0.264 e. The highest BCUT2D eigenvalue weighted by Crippen LogP contribution is 2.37. The van der Waals surface area contributed by atoms with E-state index >= 15 is 0 Å². The van der Waals surface area contributed by atoms with Crippen molar-refractivity contribution in [2.75, 3.05) is 35.4 Å². The summed E-state index contributed by atoms with van der Waals surface area (Å²) in [6, 6.07) is 18.6. The van der Waals surface area contributed by atoms with Crippen molar-refractivity contribution >= 4 is 27.3 Å². The van der Waals surface area contributed by atoms with Gasteiger partial charge in [0.2, 0.25) is 0 Å². The average Bonchev–Trinajstić information content (AvgIpc) is 3.20. The van der Waals surface area contributed by atoms with Crippen LogP contribution in [-0.4, -0.2) is 51.4 Å². The number of benzene rings is 3. The highest BCUT2D eigenvalue weighted by Gasteiger charge is 2.36. The van der Waals surface area contributed by atoms with E-state index in [-0.39, 0.29) is 22.7 Å². The van der Waals surface area contributed by atoms with E-state index in [4.69, 9.17) is 0 Å². The Bertz CT molecular complexity index is 1370. The van der Waals surface area contributed by atoms with Gasteiger partial charge in [-0.3, -0.25) is 9.10 Å². The van der Waals surface area contributed by atoms with Crippen LogP contribution in [0.2, 0.25) is 0 Å². The van der Waals surface area contributed by atoms with Gasteiger partial charge < -0.3 is 9.80 Å². The number of amides is 1. The summed E-state index contributed by atoms with van der Waals surface area (Å²) in [5.41, 5.74) is 3.57. The molecule has 3 aromatic rings. The fourth-order valence-electron chi connectivity index (χ4n) is 4.97. The van der Waals surface area contributed by atoms with Crippen molar-refractivity contribution in [2.45, 2.75) is 31.2 Å². The number of aryl methyl sites for hydroxylation is 1. The van der Waals surface area contributed by atoms with Gasteiger partial charge in [-0.05, 0) is 68.3 Å². The van der Waals surface area contributed by atoms with Crippen LogP contribution in [0.4, 0.5) is 15.8 Å². The normalized spacial score (nSPS) is 18.0. The molecular weight excluding hydrogens is 465 g/mol. The van der Waals surface area contributed by atoms with E-state index in [1.807, 2.05) is 30.9 Å². The second-order valence-corrected chi connectivity index (χ2v) is 11.1. The predicted octanol–water partition coefficient (Wildman–Crippen LogP) is 4.24. The molecule has 0 saturated carbocycles. The number of carbonyl (C=O) groups excluding carboxylic acids is 1. The summed E-state index contributed by atoms with van der Waals surface area (Å²) >= 11 is 0. The Kier molecular flexibility index (Phi) is 6.01. The molecule has 2 aliphatic rings. The number of hydrogen-bond donors (Lipinski definition) is 0. The molecule has 0 aliphatic carbocycles. The fraction of sp³-hybridized carbons (Fsp3) is 0.296. The average molecular weight is 494 g/mol. The number of hydrogen-bond acceptors (Lipinski definition) is 4. The summed E-state index contributed by atoms with van der Waals surface area (Å²) in [5, 5.41) is 0. The summed E-state index contributed by atoms with van der Waals surface area (Å²) in [4.78, 5) is 17.2. The lowest BCUT2D eigenvalue weighted by Gasteiger charge is -2.36. The molecule has 3 aromatic carbocycles. The van der Waals surface area contributed by atoms with Crippen molar-refractivity contribution in [3.05, 3.63) is 89.2 Å². The number of rotatable bonds is 4. The van der Waals surface area contributed by atoms with Gasteiger partial charge in [0, 0.05) is 37.8 Å². The van der Waals surface area contributed by atoms with Crippen molar-refractivity contribution in [3.63, 3.8) is 0 Å². The van der Waals surface area contributed by atoms with E-state index in [1.54, 1.807) is 53.4 Å². The number of para-hydroxylation sites is 1. The predicted molar refractivity (Wildman–Crippen MR) is 135 cm³/mol. The Labute approximate surface area is 205 Å². The summed E-state index contributed by atoms with van der Waals surface area (Å²) in [6.07, 6.45) is 0.544. The SMILES string of the molecule is Cc1ccc(S(=O)(=O)N2c3ccc(C(=O)N4CCN(c5ccccc5F)CC4)cc3C[C@@H]2C)cc1. The topological polar surface area (TPSA) is 60.9 Å². The van der Waals surface area contributed by atoms with Gasteiger partial charge in [0.05, 0.1) is 16.3 Å². The Balaban J connectivity index is 1.33. The maximum atomic E-state index is 14.1. The monoisotopic (exact) mass is 493 g/mol. The van der Waals surface area contributed by atoms with Crippen molar-refractivity contribution in [1.82, 2.24) is 4.90 Å². The van der Waals surface area contributed by atoms with Crippen LogP contribution in [0.25, 0.3) is 0 Å². The minimum absolute atomic E-state index is 0.0894. The van der Waals surface area contributed by atoms with Gasteiger partial charge in [0.15, 0.2) is 0 Å². The van der Waals surface area contributed by atoms with Crippen LogP contribution >= 0.6 is 0 Å². The number of carbonyl (C=O) groups is 1. The van der Waals surface area contributed by atoms with Crippen LogP contribution in [0.15, 0.2) is 71.6 Å². The van der Waals surface area contributed by atoms with E-state index in [9.17, 15) is 17.6 Å². The molecule has 35 heavy (non-hydrogen) atoms. The molecule has 0 unspecified atom stereocenters. The molecule has 5 rings (SSSR count). The lowest BCUT2D eigenvalue weighted by molar-refractivity contribution is 0.0746. The van der Waals surface area contributed by atoms with Crippen molar-refractivity contribution in [2.24, 2.45) is 0 Å². The van der Waals surface area contributed by atoms with Gasteiger partial charge in [-0.15, -0.1) is 0 Å². The molecule has 6 nitrogen and oxygen atoms in total. The van der Waals surface area contributed by atoms with Crippen molar-refractivity contribution < 1.29 is 17.6 Å². The minimum atomic E-state index is -3.71. The zero-order valence-electron chi connectivity index (χ0n) is 19.8. The van der Waals surface area contributed by atoms with Gasteiger partial charge in [0.25, 0.3) is 15.9 Å². The summed E-state index contributed by atoms with van der Waals surface area (Å²) in [6.45, 7) is 5.90. The van der Waals surface area contributed by atoms with Gasteiger partial charge in [-0.2, -0.15) is 0 Å². The van der Waals surface area contributed by atoms with Crippen LogP contribution in [0.1, 0.15) is 28.4 Å². The van der Waals surface area contributed by atoms with Crippen LogP contribution in [-0.2, 0) is 16.4 Å². The van der Waals surface area contributed by atoms with E-state index in [0.717, 1.165) is 11.1 Å². The highest BCUT2D eigenvalue weighted by molar-refractivity contribution is 7.92. The first kappa shape index (κ1) is 23.4. The third-order valence-corrected chi connectivity index (χ3v) is 8.76. The van der Waals surface area contributed by atoms with E-state index < -0.39 is 10.0 Å². The molecule has 1 amide bonds. The van der Waals surface area contributed by atoms with E-state index in [1.165, 1.54) is 10.4 Å². The van der Waals surface area contributed by atoms with Crippen LogP contribution in [0.3, 0.4) is 0 Å². The zero-order valence-corrected chi connectivity index (χ0v) is 20.6. The van der Waals surface area contributed by atoms with Crippen molar-refractivity contribution in [3.8, 4) is 0 Å². The van der Waals surface area contributed by atoms with Gasteiger partial charge in [-0.25, -0.2) is 12.8 Å². The Hall–Kier alpha value is -3.39. The molecule has 0 bridgehead atoms. The number of fused-ring (bicyclic) bond motifs is 1. The third kappa shape index (κ3) is 4.27. The van der Waals surface area contributed by atoms with Crippen molar-refractivity contribution in [1.29, 1.82) is 0 Å². The Morgan fingerprint density at radius 2 is 1.60 bits per heavy atom. The molecule has 8 heteroatoms. The van der Waals surface area contributed by atoms with Gasteiger partial charge in [-0.1, -0.05) is 29.8 Å². The molecule has 0 radical (unpaired) electrons. The second kappa shape index (κ2) is 9.00. The maximum absolute atomic E-state index is 14.1. The molecule has 1 fully saturated rings. The molecule has 0 N–H and O–H groups in total. The standard InChI is InChI=1S/C27H28FN3O3S/c1-19-7-10-23(11-8-19)35(33,34)31-20(2)17-22-18-21(9-12-25(22)31)27(32)30-15-13-29(14-16-30)26-6-4-3-5-24(26)28/h3-12,18,20H,13-17H2,1-2H3/t20-/m0/s1. The van der Waals surface area contributed by atoms with Crippen LogP contribution < -0.4 is 9.21 Å².